The van der Waals surface area contributed by atoms with E-state index in [-0.39, 0.29) is 22.0 Å². The van der Waals surface area contributed by atoms with E-state index in [0.717, 1.165) is 21.1 Å². The van der Waals surface area contributed by atoms with Gasteiger partial charge in [-0.3, -0.25) is 14.5 Å². The number of hydrogen-bond acceptors (Lipinski definition) is 4. The van der Waals surface area contributed by atoms with Crippen molar-refractivity contribution in [3.05, 3.63) is 67.7 Å². The van der Waals surface area contributed by atoms with Gasteiger partial charge < -0.3 is 4.74 Å². The summed E-state index contributed by atoms with van der Waals surface area (Å²) in [5, 5.41) is -0.309. The van der Waals surface area contributed by atoms with E-state index in [4.69, 9.17) is 16.3 Å². The van der Waals surface area contributed by atoms with E-state index in [0.29, 0.717) is 11.3 Å². The molecule has 1 saturated heterocycles. The fourth-order valence-corrected chi connectivity index (χ4v) is 3.87. The van der Waals surface area contributed by atoms with Crippen LogP contribution in [0.4, 0.5) is 9.18 Å². The van der Waals surface area contributed by atoms with Gasteiger partial charge in [0.1, 0.15) is 11.6 Å². The van der Waals surface area contributed by atoms with E-state index < -0.39 is 17.0 Å². The third kappa shape index (κ3) is 3.79. The highest BCUT2D eigenvalue weighted by atomic mass is 79.9. The first-order valence-corrected chi connectivity index (χ1v) is 9.41. The zero-order valence-electron chi connectivity index (χ0n) is 13.5. The summed E-state index contributed by atoms with van der Waals surface area (Å²) in [7, 11) is 1.52. The second kappa shape index (κ2) is 7.82. The van der Waals surface area contributed by atoms with Crippen LogP contribution in [-0.2, 0) is 11.3 Å². The van der Waals surface area contributed by atoms with Crippen LogP contribution in [0.15, 0.2) is 45.8 Å². The monoisotopic (exact) mass is 455 g/mol. The second-order valence-electron chi connectivity index (χ2n) is 5.35. The first kappa shape index (κ1) is 18.9. The number of carbonyl (C=O) groups excluding carboxylic acids is 2. The van der Waals surface area contributed by atoms with Crippen LogP contribution in [0.2, 0.25) is 5.02 Å². The summed E-state index contributed by atoms with van der Waals surface area (Å²) < 4.78 is 20.1. The average molecular weight is 457 g/mol. The molecule has 2 amide bonds. The van der Waals surface area contributed by atoms with Crippen molar-refractivity contribution in [2.45, 2.75) is 6.54 Å². The molecule has 1 fully saturated rings. The summed E-state index contributed by atoms with van der Waals surface area (Å²) in [6.45, 7) is -0.219. The lowest BCUT2D eigenvalue weighted by Crippen LogP contribution is -2.28. The first-order valence-electron chi connectivity index (χ1n) is 7.42. The number of methoxy groups -OCH3 is 1. The summed E-state index contributed by atoms with van der Waals surface area (Å²) in [5.41, 5.74) is 0.758. The topological polar surface area (TPSA) is 46.6 Å². The number of carbonyl (C=O) groups is 2. The van der Waals surface area contributed by atoms with Crippen molar-refractivity contribution in [3.63, 3.8) is 0 Å². The summed E-state index contributed by atoms with van der Waals surface area (Å²) in [6.07, 6.45) is 1.58. The number of ether oxygens (including phenoxy) is 1. The normalized spacial score (nSPS) is 15.8. The Morgan fingerprint density at radius 3 is 2.77 bits per heavy atom. The Morgan fingerprint density at radius 2 is 2.08 bits per heavy atom. The van der Waals surface area contributed by atoms with E-state index in [1.807, 2.05) is 6.07 Å². The predicted molar refractivity (Wildman–Crippen MR) is 104 cm³/mol. The maximum atomic E-state index is 14.0. The maximum Gasteiger partial charge on any atom is 0.293 e. The van der Waals surface area contributed by atoms with Gasteiger partial charge in [-0.2, -0.15) is 0 Å². The molecule has 2 aromatic rings. The number of imide groups is 1. The van der Waals surface area contributed by atoms with E-state index in [2.05, 4.69) is 15.9 Å². The summed E-state index contributed by atoms with van der Waals surface area (Å²) >= 11 is 10.2. The van der Waals surface area contributed by atoms with E-state index in [1.54, 1.807) is 18.2 Å². The van der Waals surface area contributed by atoms with Gasteiger partial charge in [-0.25, -0.2) is 4.39 Å². The molecule has 4 nitrogen and oxygen atoms in total. The van der Waals surface area contributed by atoms with Crippen molar-refractivity contribution < 1.29 is 18.7 Å². The molecule has 0 unspecified atom stereocenters. The Labute approximate surface area is 167 Å². The van der Waals surface area contributed by atoms with Gasteiger partial charge in [0.15, 0.2) is 0 Å². The molecule has 0 spiro atoms. The Morgan fingerprint density at radius 1 is 1.31 bits per heavy atom. The minimum Gasteiger partial charge on any atom is -0.496 e. The lowest BCUT2D eigenvalue weighted by atomic mass is 10.1. The predicted octanol–water partition coefficient (Wildman–Crippen LogP) is 5.49. The fraction of sp³-hybridized carbons (Fsp3) is 0.111. The van der Waals surface area contributed by atoms with Crippen molar-refractivity contribution >= 4 is 56.5 Å². The van der Waals surface area contributed by atoms with Gasteiger partial charge in [-0.15, -0.1) is 0 Å². The van der Waals surface area contributed by atoms with Crippen molar-refractivity contribution in [1.29, 1.82) is 0 Å². The fourth-order valence-electron chi connectivity index (χ4n) is 2.44. The van der Waals surface area contributed by atoms with Crippen LogP contribution in [0.3, 0.4) is 0 Å². The van der Waals surface area contributed by atoms with Gasteiger partial charge in [0.2, 0.25) is 0 Å². The van der Waals surface area contributed by atoms with Gasteiger partial charge in [0.05, 0.1) is 18.6 Å². The summed E-state index contributed by atoms with van der Waals surface area (Å²) in [6, 6.07) is 9.56. The number of rotatable bonds is 4. The molecule has 134 valence electrons. The summed E-state index contributed by atoms with van der Waals surface area (Å²) in [5.74, 6) is -0.493. The molecule has 0 aromatic heterocycles. The molecule has 0 saturated carbocycles. The number of benzene rings is 2. The first-order chi connectivity index (χ1) is 12.4. The molecule has 26 heavy (non-hydrogen) atoms. The minimum atomic E-state index is -0.561. The zero-order valence-corrected chi connectivity index (χ0v) is 16.6. The Bertz CT molecular complexity index is 914. The number of hydrogen-bond donors (Lipinski definition) is 0. The van der Waals surface area contributed by atoms with Crippen molar-refractivity contribution in [2.24, 2.45) is 0 Å². The van der Waals surface area contributed by atoms with Crippen molar-refractivity contribution in [2.75, 3.05) is 7.11 Å². The van der Waals surface area contributed by atoms with Crippen LogP contribution >= 0.6 is 39.3 Å². The standard InChI is InChI=1S/C18H12BrClFNO3S/c1-25-15-6-5-11(19)7-10(15)8-16-17(23)22(18(24)26-16)9-12-13(20)3-2-4-14(12)21/h2-8H,9H2,1H3. The minimum absolute atomic E-state index is 0.109. The van der Waals surface area contributed by atoms with Gasteiger partial charge >= 0.3 is 0 Å². The molecule has 1 heterocycles. The lowest BCUT2D eigenvalue weighted by molar-refractivity contribution is -0.123. The lowest BCUT2D eigenvalue weighted by Gasteiger charge is -2.14. The molecule has 0 atom stereocenters. The number of halogens is 3. The smallest absolute Gasteiger partial charge is 0.293 e. The van der Waals surface area contributed by atoms with Crippen LogP contribution in [0, 0.1) is 5.82 Å². The Balaban J connectivity index is 1.91. The molecule has 0 aliphatic carbocycles. The highest BCUT2D eigenvalue weighted by Gasteiger charge is 2.36. The van der Waals surface area contributed by atoms with Gasteiger partial charge in [0.25, 0.3) is 11.1 Å². The van der Waals surface area contributed by atoms with E-state index >= 15 is 0 Å². The highest BCUT2D eigenvalue weighted by molar-refractivity contribution is 9.10. The largest absolute Gasteiger partial charge is 0.496 e. The van der Waals surface area contributed by atoms with Crippen LogP contribution in [0.5, 0.6) is 5.75 Å². The number of nitrogens with zero attached hydrogens (tertiary/aromatic N) is 1. The number of amides is 2. The SMILES string of the molecule is COc1ccc(Br)cc1C=C1SC(=O)N(Cc2c(F)cccc2Cl)C1=O. The number of thioether (sulfide) groups is 1. The van der Waals surface area contributed by atoms with Crippen LogP contribution in [-0.4, -0.2) is 23.2 Å². The zero-order chi connectivity index (χ0) is 18.8. The summed E-state index contributed by atoms with van der Waals surface area (Å²) in [4.78, 5) is 26.1. The third-order valence-corrected chi connectivity index (χ3v) is 5.48. The van der Waals surface area contributed by atoms with Crippen LogP contribution < -0.4 is 4.74 Å². The third-order valence-electron chi connectivity index (χ3n) is 3.73. The van der Waals surface area contributed by atoms with Crippen LogP contribution in [0.25, 0.3) is 6.08 Å². The second-order valence-corrected chi connectivity index (χ2v) is 7.67. The molecule has 0 N–H and O–H groups in total. The molecule has 8 heteroatoms. The van der Waals surface area contributed by atoms with E-state index in [9.17, 15) is 14.0 Å². The van der Waals surface area contributed by atoms with Gasteiger partial charge in [-0.1, -0.05) is 33.6 Å². The van der Waals surface area contributed by atoms with Crippen LogP contribution in [0.1, 0.15) is 11.1 Å². The molecule has 0 bridgehead atoms. The maximum absolute atomic E-state index is 14.0. The van der Waals surface area contributed by atoms with Gasteiger partial charge in [0, 0.05) is 20.6 Å². The Kier molecular flexibility index (Phi) is 5.70. The van der Waals surface area contributed by atoms with E-state index in [1.165, 1.54) is 25.3 Å². The molecule has 1 aliphatic heterocycles. The molecule has 0 radical (unpaired) electrons. The average Bonchev–Trinajstić information content (AvgIpc) is 2.85. The van der Waals surface area contributed by atoms with Gasteiger partial charge in [-0.05, 0) is 48.2 Å². The molecular weight excluding hydrogens is 445 g/mol. The highest BCUT2D eigenvalue weighted by Crippen LogP contribution is 2.36. The van der Waals surface area contributed by atoms with Crippen molar-refractivity contribution in [1.82, 2.24) is 4.90 Å². The molecule has 3 rings (SSSR count). The quantitative estimate of drug-likeness (QED) is 0.571. The molecule has 1 aliphatic rings. The molecular formula is C18H12BrClFNO3S. The Hall–Kier alpha value is -1.83. The molecule has 2 aromatic carbocycles. The van der Waals surface area contributed by atoms with Crippen molar-refractivity contribution in [3.8, 4) is 5.75 Å².